The molecule has 0 unspecified atom stereocenters. The van der Waals surface area contributed by atoms with Gasteiger partial charge >= 0.3 is 12.2 Å². The first kappa shape index (κ1) is 42.6. The number of ether oxygens (including phenoxy) is 2. The number of fused-ring (bicyclic) bond motifs is 1. The summed E-state index contributed by atoms with van der Waals surface area (Å²) in [6, 6.07) is 12.2. The number of aromatic nitrogens is 5. The van der Waals surface area contributed by atoms with Gasteiger partial charge < -0.3 is 23.8 Å². The van der Waals surface area contributed by atoms with Gasteiger partial charge in [-0.2, -0.15) is 10.1 Å². The molecule has 0 aliphatic heterocycles. The number of allylic oxidation sites excluding steroid dienone is 4. The summed E-state index contributed by atoms with van der Waals surface area (Å²) in [6.45, 7) is 19.0. The van der Waals surface area contributed by atoms with Gasteiger partial charge in [0.05, 0.1) is 5.69 Å². The van der Waals surface area contributed by atoms with Crippen LogP contribution >= 0.6 is 23.5 Å². The maximum Gasteiger partial charge on any atom is 0.410 e. The number of nitrogens with zero attached hydrogens (tertiary/aromatic N) is 7. The Kier molecular flexibility index (Phi) is 14.5. The van der Waals surface area contributed by atoms with E-state index < -0.39 is 11.2 Å². The Balaban J connectivity index is 1.30. The Morgan fingerprint density at radius 3 is 2.38 bits per heavy atom. The van der Waals surface area contributed by atoms with Crippen LogP contribution in [-0.2, 0) is 15.9 Å². The molecular formula is C43H56ClN7O4S. The zero-order valence-electron chi connectivity index (χ0n) is 33.8. The monoisotopic (exact) mass is 801 g/mol. The summed E-state index contributed by atoms with van der Waals surface area (Å²) in [5.74, 6) is 0.225. The van der Waals surface area contributed by atoms with Crippen LogP contribution in [0.5, 0.6) is 0 Å². The van der Waals surface area contributed by atoms with E-state index in [2.05, 4.69) is 39.4 Å². The lowest BCUT2D eigenvalue weighted by atomic mass is 10.1. The van der Waals surface area contributed by atoms with Crippen LogP contribution in [0.25, 0.3) is 22.3 Å². The van der Waals surface area contributed by atoms with Crippen molar-refractivity contribution in [1.29, 1.82) is 0 Å². The lowest BCUT2D eigenvalue weighted by Crippen LogP contribution is -2.42. The van der Waals surface area contributed by atoms with Crippen molar-refractivity contribution in [1.82, 2.24) is 33.5 Å². The fourth-order valence-electron chi connectivity index (χ4n) is 6.84. The normalized spacial score (nSPS) is 16.4. The molecule has 4 aromatic rings. The number of rotatable bonds is 15. The van der Waals surface area contributed by atoms with Crippen molar-refractivity contribution < 1.29 is 19.1 Å². The summed E-state index contributed by atoms with van der Waals surface area (Å²) in [7, 11) is 0. The minimum atomic E-state index is -0.646. The molecule has 0 N–H and O–H groups in total. The molecule has 3 heterocycles. The standard InChI is InChI=1S/C43H56ClN7O4S/c1-9-15-34(16-10-2)56-51-26-22-37(47-51)36-30-50(38-35(36)28-45-39(44)46-38)33-20-19-32(27-33)29-49(41(53)55-43(6,7)8)24-14-23-48(40(52)54-42(3,4)5)25-21-31-17-12-11-13-18-31/h9-13,15-18,22,26,28,30,32-33H,1,14,19-21,23-25,27,29H2,2-8H3/b16-10-,34-15+/t32-,33+/m1/s1. The summed E-state index contributed by atoms with van der Waals surface area (Å²) in [5, 5.41) is 5.94. The van der Waals surface area contributed by atoms with Crippen molar-refractivity contribution in [3.63, 3.8) is 0 Å². The zero-order chi connectivity index (χ0) is 40.5. The van der Waals surface area contributed by atoms with E-state index >= 15 is 0 Å². The molecule has 1 fully saturated rings. The molecule has 0 spiro atoms. The highest BCUT2D eigenvalue weighted by molar-refractivity contribution is 8.01. The average molecular weight is 802 g/mol. The molecule has 1 aliphatic rings. The van der Waals surface area contributed by atoms with Crippen LogP contribution in [0.1, 0.15) is 85.8 Å². The second-order valence-corrected chi connectivity index (χ2v) is 17.5. The van der Waals surface area contributed by atoms with Crippen molar-refractivity contribution in [3.05, 3.63) is 102 Å². The maximum absolute atomic E-state index is 13.7. The highest BCUT2D eigenvalue weighted by Crippen LogP contribution is 2.40. The maximum atomic E-state index is 13.7. The molecule has 1 saturated carbocycles. The molecule has 0 saturated heterocycles. The topological polar surface area (TPSA) is 108 Å². The first-order chi connectivity index (χ1) is 26.6. The zero-order valence-corrected chi connectivity index (χ0v) is 35.4. The first-order valence-electron chi connectivity index (χ1n) is 19.3. The number of halogens is 1. The van der Waals surface area contributed by atoms with Crippen molar-refractivity contribution in [2.24, 2.45) is 5.92 Å². The number of hydrogen-bond acceptors (Lipinski definition) is 8. The largest absolute Gasteiger partial charge is 0.444 e. The second-order valence-electron chi connectivity index (χ2n) is 16.1. The Morgan fingerprint density at radius 2 is 1.70 bits per heavy atom. The van der Waals surface area contributed by atoms with Gasteiger partial charge in [0.1, 0.15) is 16.8 Å². The fourth-order valence-corrected chi connectivity index (χ4v) is 7.79. The molecule has 3 aromatic heterocycles. The summed E-state index contributed by atoms with van der Waals surface area (Å²) in [5.41, 5.74) is 2.38. The number of carbonyl (C=O) groups excluding carboxylic acids is 2. The predicted octanol–water partition coefficient (Wildman–Crippen LogP) is 10.5. The quantitative estimate of drug-likeness (QED) is 0.0864. The minimum Gasteiger partial charge on any atom is -0.444 e. The van der Waals surface area contributed by atoms with Crippen molar-refractivity contribution >= 4 is 46.8 Å². The third-order valence-corrected chi connectivity index (χ3v) is 10.3. The number of hydrogen-bond donors (Lipinski definition) is 0. The SMILES string of the molecule is C=C/C=C(\C=C/C)Sn1ccc(-c2cn([C@H]3CC[C@@H](CN(CCCN(CCc4ccccc4)C(=O)OC(C)(C)C)C(=O)OC(C)(C)C)C3)c3nc(Cl)ncc23)n1. The number of amides is 2. The van der Waals surface area contributed by atoms with Crippen molar-refractivity contribution in [3.8, 4) is 11.3 Å². The summed E-state index contributed by atoms with van der Waals surface area (Å²) in [6.07, 6.45) is 16.8. The van der Waals surface area contributed by atoms with Gasteiger partial charge in [0.2, 0.25) is 5.28 Å². The van der Waals surface area contributed by atoms with Crippen LogP contribution in [0.15, 0.2) is 90.8 Å². The third-order valence-electron chi connectivity index (χ3n) is 9.25. The van der Waals surface area contributed by atoms with Crippen LogP contribution < -0.4 is 0 Å². The van der Waals surface area contributed by atoms with Gasteiger partial charge in [-0.1, -0.05) is 55.1 Å². The van der Waals surface area contributed by atoms with Gasteiger partial charge in [-0.05, 0) is 116 Å². The van der Waals surface area contributed by atoms with E-state index in [0.717, 1.165) is 52.0 Å². The van der Waals surface area contributed by atoms with E-state index in [0.29, 0.717) is 39.0 Å². The fraction of sp³-hybridized carbons (Fsp3) is 0.465. The Bertz CT molecular complexity index is 2010. The lowest BCUT2D eigenvalue weighted by Gasteiger charge is -2.31. The Morgan fingerprint density at radius 1 is 1.00 bits per heavy atom. The second kappa shape index (κ2) is 19.1. The molecule has 1 aromatic carbocycles. The summed E-state index contributed by atoms with van der Waals surface area (Å²) in [4.78, 5) is 40.5. The Labute approximate surface area is 340 Å². The smallest absolute Gasteiger partial charge is 0.410 e. The molecule has 13 heteroatoms. The number of carbonyl (C=O) groups is 2. The molecule has 0 radical (unpaired) electrons. The average Bonchev–Trinajstić information content (AvgIpc) is 3.87. The van der Waals surface area contributed by atoms with Gasteiger partial charge in [-0.25, -0.2) is 18.7 Å². The van der Waals surface area contributed by atoms with Crippen LogP contribution in [0.4, 0.5) is 9.59 Å². The van der Waals surface area contributed by atoms with E-state index in [-0.39, 0.29) is 29.4 Å². The predicted molar refractivity (Wildman–Crippen MR) is 227 cm³/mol. The van der Waals surface area contributed by atoms with Crippen LogP contribution in [0, 0.1) is 5.92 Å². The summed E-state index contributed by atoms with van der Waals surface area (Å²) < 4.78 is 15.7. The van der Waals surface area contributed by atoms with E-state index in [1.165, 1.54) is 11.9 Å². The molecule has 300 valence electrons. The first-order valence-corrected chi connectivity index (χ1v) is 20.5. The molecule has 2 atom stereocenters. The van der Waals surface area contributed by atoms with E-state index in [1.807, 2.05) is 106 Å². The minimum absolute atomic E-state index is 0.136. The molecule has 56 heavy (non-hydrogen) atoms. The van der Waals surface area contributed by atoms with Gasteiger partial charge in [0.15, 0.2) is 0 Å². The van der Waals surface area contributed by atoms with Gasteiger partial charge in [-0.3, -0.25) is 0 Å². The van der Waals surface area contributed by atoms with Gasteiger partial charge in [0.25, 0.3) is 0 Å². The van der Waals surface area contributed by atoms with Crippen LogP contribution in [0.2, 0.25) is 5.28 Å². The Hall–Kier alpha value is -4.55. The van der Waals surface area contributed by atoms with E-state index in [1.54, 1.807) is 17.2 Å². The highest BCUT2D eigenvalue weighted by Gasteiger charge is 2.32. The van der Waals surface area contributed by atoms with Crippen LogP contribution in [0.3, 0.4) is 0 Å². The third kappa shape index (κ3) is 12.2. The molecule has 1 aliphatic carbocycles. The lowest BCUT2D eigenvalue weighted by molar-refractivity contribution is 0.0186. The number of benzene rings is 1. The highest BCUT2D eigenvalue weighted by atomic mass is 35.5. The molecule has 11 nitrogen and oxygen atoms in total. The molecule has 0 bridgehead atoms. The van der Waals surface area contributed by atoms with Crippen LogP contribution in [-0.4, -0.2) is 83.1 Å². The molecule has 2 amide bonds. The van der Waals surface area contributed by atoms with Crippen molar-refractivity contribution in [2.45, 2.75) is 97.8 Å². The van der Waals surface area contributed by atoms with Gasteiger partial charge in [-0.15, -0.1) is 0 Å². The van der Waals surface area contributed by atoms with Crippen molar-refractivity contribution in [2.75, 3.05) is 26.2 Å². The van der Waals surface area contributed by atoms with Gasteiger partial charge in [0, 0.05) is 78.6 Å². The van der Waals surface area contributed by atoms with E-state index in [9.17, 15) is 9.59 Å². The molecule has 5 rings (SSSR count). The summed E-state index contributed by atoms with van der Waals surface area (Å²) >= 11 is 7.86. The molecular weight excluding hydrogens is 746 g/mol. The van der Waals surface area contributed by atoms with E-state index in [4.69, 9.17) is 26.2 Å².